The second-order valence-electron chi connectivity index (χ2n) is 4.77. The van der Waals surface area contributed by atoms with Crippen molar-refractivity contribution >= 4 is 34.1 Å². The number of aromatic amines is 1. The number of carbonyl (C=O) groups excluding carboxylic acids is 1. The Labute approximate surface area is 145 Å². The van der Waals surface area contributed by atoms with Gasteiger partial charge in [-0.2, -0.15) is 0 Å². The highest BCUT2D eigenvalue weighted by atomic mass is 32.2. The van der Waals surface area contributed by atoms with E-state index in [0.717, 1.165) is 10.6 Å². The van der Waals surface area contributed by atoms with Crippen molar-refractivity contribution in [2.24, 2.45) is 0 Å². The summed E-state index contributed by atoms with van der Waals surface area (Å²) in [5, 5.41) is 11.9. The van der Waals surface area contributed by atoms with E-state index in [9.17, 15) is 9.59 Å². The minimum absolute atomic E-state index is 0.234. The zero-order valence-corrected chi connectivity index (χ0v) is 14.2. The van der Waals surface area contributed by atoms with Crippen molar-refractivity contribution in [2.45, 2.75) is 17.3 Å². The van der Waals surface area contributed by atoms with Crippen LogP contribution in [-0.4, -0.2) is 31.3 Å². The van der Waals surface area contributed by atoms with Crippen molar-refractivity contribution in [1.29, 1.82) is 0 Å². The Balaban J connectivity index is 1.64. The lowest BCUT2D eigenvalue weighted by Gasteiger charge is -2.08. The molecule has 1 atom stereocenters. The van der Waals surface area contributed by atoms with Crippen molar-refractivity contribution in [3.05, 3.63) is 52.9 Å². The van der Waals surface area contributed by atoms with Crippen LogP contribution in [0.5, 0.6) is 0 Å². The van der Waals surface area contributed by atoms with E-state index in [1.54, 1.807) is 6.92 Å². The molecule has 1 amide bonds. The van der Waals surface area contributed by atoms with Gasteiger partial charge in [0.1, 0.15) is 5.01 Å². The fourth-order valence-corrected chi connectivity index (χ4v) is 3.35. The monoisotopic (exact) mass is 359 g/mol. The Bertz CT molecular complexity index is 894. The standard InChI is InChI=1S/C15H13N5O2S2/c1-9(23-14-16-8-7-11(21)17-14)12(22)18-15-20-19-13(24-15)10-5-3-2-4-6-10/h2-9H,1H3,(H,16,17,21)(H,18,20,22). The lowest BCUT2D eigenvalue weighted by atomic mass is 10.2. The minimum Gasteiger partial charge on any atom is -0.301 e. The quantitative estimate of drug-likeness (QED) is 0.536. The molecule has 0 aliphatic rings. The molecule has 0 fully saturated rings. The minimum atomic E-state index is -0.445. The van der Waals surface area contributed by atoms with Crippen LogP contribution in [0.3, 0.4) is 0 Å². The van der Waals surface area contributed by atoms with Gasteiger partial charge in [-0.15, -0.1) is 10.2 Å². The zero-order valence-electron chi connectivity index (χ0n) is 12.6. The molecule has 0 aliphatic heterocycles. The third kappa shape index (κ3) is 4.06. The summed E-state index contributed by atoms with van der Waals surface area (Å²) in [4.78, 5) is 30.1. The molecule has 0 bridgehead atoms. The van der Waals surface area contributed by atoms with Crippen LogP contribution in [-0.2, 0) is 4.79 Å². The molecule has 2 heterocycles. The second-order valence-corrected chi connectivity index (χ2v) is 7.07. The van der Waals surface area contributed by atoms with Gasteiger partial charge in [0.05, 0.1) is 5.25 Å². The highest BCUT2D eigenvalue weighted by molar-refractivity contribution is 8.00. The maximum Gasteiger partial charge on any atom is 0.251 e. The number of carbonyl (C=O) groups is 1. The molecule has 3 rings (SSSR count). The lowest BCUT2D eigenvalue weighted by Crippen LogP contribution is -2.23. The van der Waals surface area contributed by atoms with Gasteiger partial charge in [-0.25, -0.2) is 4.98 Å². The summed E-state index contributed by atoms with van der Waals surface area (Å²) in [7, 11) is 0. The van der Waals surface area contributed by atoms with Gasteiger partial charge >= 0.3 is 0 Å². The Morgan fingerprint density at radius 3 is 2.79 bits per heavy atom. The van der Waals surface area contributed by atoms with Crippen LogP contribution in [0.4, 0.5) is 5.13 Å². The molecule has 0 spiro atoms. The van der Waals surface area contributed by atoms with E-state index in [0.29, 0.717) is 10.3 Å². The molecule has 0 saturated carbocycles. The maximum absolute atomic E-state index is 12.2. The number of nitrogens with one attached hydrogen (secondary N) is 2. The first kappa shape index (κ1) is 16.3. The van der Waals surface area contributed by atoms with E-state index in [2.05, 4.69) is 25.5 Å². The fourth-order valence-electron chi connectivity index (χ4n) is 1.81. The Hall–Kier alpha value is -2.52. The van der Waals surface area contributed by atoms with Crippen molar-refractivity contribution in [2.75, 3.05) is 5.32 Å². The Morgan fingerprint density at radius 1 is 1.25 bits per heavy atom. The summed E-state index contributed by atoms with van der Waals surface area (Å²) < 4.78 is 0. The highest BCUT2D eigenvalue weighted by Gasteiger charge is 2.18. The third-order valence-electron chi connectivity index (χ3n) is 2.98. The van der Waals surface area contributed by atoms with Crippen LogP contribution in [0.25, 0.3) is 10.6 Å². The number of thioether (sulfide) groups is 1. The summed E-state index contributed by atoms with van der Waals surface area (Å²) in [6.45, 7) is 1.73. The molecule has 9 heteroatoms. The van der Waals surface area contributed by atoms with E-state index in [1.165, 1.54) is 35.4 Å². The van der Waals surface area contributed by atoms with Gasteiger partial charge in [-0.3, -0.25) is 14.9 Å². The number of hydrogen-bond donors (Lipinski definition) is 2. The number of nitrogens with zero attached hydrogens (tertiary/aromatic N) is 3. The molecule has 0 radical (unpaired) electrons. The number of anilines is 1. The van der Waals surface area contributed by atoms with Crippen LogP contribution in [0.2, 0.25) is 0 Å². The first-order valence-corrected chi connectivity index (χ1v) is 8.73. The third-order valence-corrected chi connectivity index (χ3v) is 4.87. The van der Waals surface area contributed by atoms with Crippen LogP contribution < -0.4 is 10.9 Å². The molecule has 1 aromatic carbocycles. The summed E-state index contributed by atoms with van der Waals surface area (Å²) in [6, 6.07) is 10.9. The molecule has 3 aromatic rings. The second kappa shape index (κ2) is 7.37. The van der Waals surface area contributed by atoms with Crippen LogP contribution >= 0.6 is 23.1 Å². The largest absolute Gasteiger partial charge is 0.301 e. The van der Waals surface area contributed by atoms with Gasteiger partial charge < -0.3 is 4.98 Å². The predicted molar refractivity (Wildman–Crippen MR) is 94.2 cm³/mol. The molecule has 24 heavy (non-hydrogen) atoms. The molecule has 122 valence electrons. The summed E-state index contributed by atoms with van der Waals surface area (Å²) >= 11 is 2.47. The average Bonchev–Trinajstić information content (AvgIpc) is 3.04. The topological polar surface area (TPSA) is 101 Å². The summed E-state index contributed by atoms with van der Waals surface area (Å²) in [6.07, 6.45) is 1.41. The van der Waals surface area contributed by atoms with E-state index in [4.69, 9.17) is 0 Å². The molecule has 2 aromatic heterocycles. The summed E-state index contributed by atoms with van der Waals surface area (Å²) in [5.74, 6) is -0.234. The Morgan fingerprint density at radius 2 is 2.04 bits per heavy atom. The number of rotatable bonds is 5. The van der Waals surface area contributed by atoms with Gasteiger partial charge in [0.2, 0.25) is 11.0 Å². The maximum atomic E-state index is 12.2. The number of hydrogen-bond acceptors (Lipinski definition) is 7. The number of aromatic nitrogens is 4. The lowest BCUT2D eigenvalue weighted by molar-refractivity contribution is -0.115. The Kier molecular flexibility index (Phi) is 5.02. The van der Waals surface area contributed by atoms with Gasteiger partial charge in [0, 0.05) is 17.8 Å². The van der Waals surface area contributed by atoms with Crippen molar-refractivity contribution < 1.29 is 4.79 Å². The van der Waals surface area contributed by atoms with Gasteiger partial charge in [0.25, 0.3) is 5.56 Å². The van der Waals surface area contributed by atoms with Crippen LogP contribution in [0.1, 0.15) is 6.92 Å². The van der Waals surface area contributed by atoms with E-state index in [1.807, 2.05) is 30.3 Å². The number of amides is 1. The van der Waals surface area contributed by atoms with E-state index < -0.39 is 5.25 Å². The molecule has 7 nitrogen and oxygen atoms in total. The smallest absolute Gasteiger partial charge is 0.251 e. The highest BCUT2D eigenvalue weighted by Crippen LogP contribution is 2.27. The normalized spacial score (nSPS) is 11.9. The van der Waals surface area contributed by atoms with Crippen LogP contribution in [0.15, 0.2) is 52.5 Å². The van der Waals surface area contributed by atoms with Crippen LogP contribution in [0, 0.1) is 0 Å². The van der Waals surface area contributed by atoms with Crippen molar-refractivity contribution in [3.63, 3.8) is 0 Å². The predicted octanol–water partition coefficient (Wildman–Crippen LogP) is 2.41. The first-order chi connectivity index (χ1) is 11.6. The van der Waals surface area contributed by atoms with Gasteiger partial charge in [0.15, 0.2) is 5.16 Å². The van der Waals surface area contributed by atoms with Crippen molar-refractivity contribution in [3.8, 4) is 10.6 Å². The molecule has 0 saturated heterocycles. The van der Waals surface area contributed by atoms with Gasteiger partial charge in [-0.1, -0.05) is 53.4 Å². The average molecular weight is 359 g/mol. The zero-order chi connectivity index (χ0) is 16.9. The first-order valence-electron chi connectivity index (χ1n) is 7.03. The molecule has 0 aliphatic carbocycles. The summed E-state index contributed by atoms with van der Waals surface area (Å²) in [5.41, 5.74) is 0.695. The van der Waals surface area contributed by atoms with Gasteiger partial charge in [-0.05, 0) is 6.92 Å². The fraction of sp³-hybridized carbons (Fsp3) is 0.133. The molecular weight excluding hydrogens is 346 g/mol. The van der Waals surface area contributed by atoms with E-state index >= 15 is 0 Å². The van der Waals surface area contributed by atoms with E-state index in [-0.39, 0.29) is 11.5 Å². The number of benzene rings is 1. The number of H-pyrrole nitrogens is 1. The van der Waals surface area contributed by atoms with Crippen molar-refractivity contribution in [1.82, 2.24) is 20.2 Å². The molecule has 2 N–H and O–H groups in total. The molecular formula is C15H13N5O2S2. The SMILES string of the molecule is CC(Sc1nccc(=O)[nH]1)C(=O)Nc1nnc(-c2ccccc2)s1. The molecule has 1 unspecified atom stereocenters.